The van der Waals surface area contributed by atoms with Gasteiger partial charge in [0, 0.05) is 17.5 Å². The Morgan fingerprint density at radius 1 is 1.52 bits per heavy atom. The maximum absolute atomic E-state index is 12.5. The molecular formula is C18H29NO3S. The minimum Gasteiger partial charge on any atom is -0.444 e. The topological polar surface area (TPSA) is 49.8 Å². The van der Waals surface area contributed by atoms with E-state index >= 15 is 0 Å². The van der Waals surface area contributed by atoms with E-state index in [9.17, 15) is 9.90 Å². The Hall–Kier alpha value is -1.07. The molecule has 23 heavy (non-hydrogen) atoms. The molecular weight excluding hydrogens is 310 g/mol. The number of aliphatic hydroxyl groups is 1. The van der Waals surface area contributed by atoms with Gasteiger partial charge in [-0.1, -0.05) is 19.4 Å². The fourth-order valence-electron chi connectivity index (χ4n) is 3.14. The van der Waals surface area contributed by atoms with Crippen molar-refractivity contribution in [3.63, 3.8) is 0 Å². The summed E-state index contributed by atoms with van der Waals surface area (Å²) < 4.78 is 5.56. The van der Waals surface area contributed by atoms with E-state index in [1.807, 2.05) is 43.2 Å². The van der Waals surface area contributed by atoms with Crippen LogP contribution in [0.5, 0.6) is 0 Å². The van der Waals surface area contributed by atoms with Gasteiger partial charge in [0.25, 0.3) is 0 Å². The molecule has 1 N–H and O–H groups in total. The number of ether oxygens (including phenoxy) is 1. The van der Waals surface area contributed by atoms with Gasteiger partial charge in [-0.3, -0.25) is 0 Å². The number of amides is 1. The van der Waals surface area contributed by atoms with Crippen molar-refractivity contribution in [3.05, 3.63) is 22.4 Å². The van der Waals surface area contributed by atoms with Crippen molar-refractivity contribution in [1.82, 2.24) is 4.90 Å². The molecule has 4 nitrogen and oxygen atoms in total. The summed E-state index contributed by atoms with van der Waals surface area (Å²) >= 11 is 1.56. The Labute approximate surface area is 143 Å². The van der Waals surface area contributed by atoms with Gasteiger partial charge in [0.1, 0.15) is 5.60 Å². The third-order valence-electron chi connectivity index (χ3n) is 4.40. The highest BCUT2D eigenvalue weighted by Gasteiger charge is 2.35. The molecule has 3 unspecified atom stereocenters. The van der Waals surface area contributed by atoms with Crippen LogP contribution in [0, 0.1) is 5.92 Å². The summed E-state index contributed by atoms with van der Waals surface area (Å²) in [4.78, 5) is 15.3. The van der Waals surface area contributed by atoms with Crippen LogP contribution in [-0.2, 0) is 4.74 Å². The van der Waals surface area contributed by atoms with Gasteiger partial charge in [0.15, 0.2) is 0 Å². The van der Waals surface area contributed by atoms with E-state index in [1.54, 1.807) is 11.3 Å². The fraction of sp³-hybridized carbons (Fsp3) is 0.722. The van der Waals surface area contributed by atoms with Crippen LogP contribution in [0.4, 0.5) is 4.79 Å². The van der Waals surface area contributed by atoms with Crippen molar-refractivity contribution in [3.8, 4) is 0 Å². The molecule has 0 radical (unpaired) electrons. The van der Waals surface area contributed by atoms with Crippen LogP contribution in [0.2, 0.25) is 0 Å². The van der Waals surface area contributed by atoms with E-state index < -0.39 is 11.7 Å². The first-order valence-electron chi connectivity index (χ1n) is 8.51. The van der Waals surface area contributed by atoms with Gasteiger partial charge >= 0.3 is 6.09 Å². The lowest BCUT2D eigenvalue weighted by atomic mass is 9.86. The maximum Gasteiger partial charge on any atom is 0.410 e. The molecule has 0 saturated carbocycles. The van der Waals surface area contributed by atoms with Crippen LogP contribution in [0.3, 0.4) is 0 Å². The number of likely N-dealkylation sites (tertiary alicyclic amines) is 1. The number of thiophene rings is 1. The summed E-state index contributed by atoms with van der Waals surface area (Å²) in [7, 11) is 0. The molecule has 0 aliphatic carbocycles. The van der Waals surface area contributed by atoms with Gasteiger partial charge in [-0.25, -0.2) is 4.79 Å². The standard InChI is InChI=1S/C18H29NO3S/c1-5-13-8-9-19(17(21)22-18(2,3)4)14(11-13)12-15(20)16-7-6-10-23-16/h6-7,10,13-15,20H,5,8-9,11-12H2,1-4H3. The number of carbonyl (C=O) groups excluding carboxylic acids is 1. The summed E-state index contributed by atoms with van der Waals surface area (Å²) in [6.07, 6.45) is 2.89. The first-order valence-corrected chi connectivity index (χ1v) is 9.39. The van der Waals surface area contributed by atoms with Crippen LogP contribution in [0.15, 0.2) is 17.5 Å². The van der Waals surface area contributed by atoms with Gasteiger partial charge < -0.3 is 14.7 Å². The molecule has 3 atom stereocenters. The van der Waals surface area contributed by atoms with Crippen molar-refractivity contribution in [1.29, 1.82) is 0 Å². The molecule has 0 spiro atoms. The van der Waals surface area contributed by atoms with Gasteiger partial charge in [-0.05, 0) is 57.4 Å². The quantitative estimate of drug-likeness (QED) is 0.872. The number of carbonyl (C=O) groups is 1. The molecule has 1 aliphatic rings. The minimum atomic E-state index is -0.513. The highest BCUT2D eigenvalue weighted by atomic mass is 32.1. The van der Waals surface area contributed by atoms with Crippen LogP contribution < -0.4 is 0 Å². The molecule has 1 amide bonds. The Morgan fingerprint density at radius 3 is 2.83 bits per heavy atom. The number of nitrogens with zero attached hydrogens (tertiary/aromatic N) is 1. The summed E-state index contributed by atoms with van der Waals surface area (Å²) in [5.41, 5.74) is -0.490. The number of piperidine rings is 1. The predicted molar refractivity (Wildman–Crippen MR) is 93.6 cm³/mol. The normalized spacial score (nSPS) is 23.6. The average molecular weight is 340 g/mol. The van der Waals surface area contributed by atoms with Gasteiger partial charge in [-0.15, -0.1) is 11.3 Å². The first-order chi connectivity index (χ1) is 10.8. The lowest BCUT2D eigenvalue weighted by Gasteiger charge is -2.40. The van der Waals surface area contributed by atoms with Gasteiger partial charge in [0.05, 0.1) is 6.10 Å². The molecule has 1 aliphatic heterocycles. The van der Waals surface area contributed by atoms with Crippen LogP contribution in [0.1, 0.15) is 64.4 Å². The van der Waals surface area contributed by atoms with Crippen LogP contribution >= 0.6 is 11.3 Å². The second kappa shape index (κ2) is 7.67. The van der Waals surface area contributed by atoms with Crippen molar-refractivity contribution in [2.75, 3.05) is 6.54 Å². The Morgan fingerprint density at radius 2 is 2.26 bits per heavy atom. The molecule has 0 aromatic carbocycles. The molecule has 2 rings (SSSR count). The van der Waals surface area contributed by atoms with E-state index in [0.29, 0.717) is 12.3 Å². The predicted octanol–water partition coefficient (Wildman–Crippen LogP) is 4.60. The maximum atomic E-state index is 12.5. The Kier molecular flexibility index (Phi) is 6.09. The van der Waals surface area contributed by atoms with E-state index in [4.69, 9.17) is 4.74 Å². The molecule has 1 saturated heterocycles. The molecule has 1 aromatic heterocycles. The molecule has 2 heterocycles. The zero-order valence-electron chi connectivity index (χ0n) is 14.6. The zero-order valence-corrected chi connectivity index (χ0v) is 15.4. The Balaban J connectivity index is 2.07. The number of rotatable bonds is 4. The van der Waals surface area contributed by atoms with E-state index in [1.165, 1.54) is 0 Å². The molecule has 130 valence electrons. The SMILES string of the molecule is CCC1CCN(C(=O)OC(C)(C)C)C(CC(O)c2cccs2)C1. The lowest BCUT2D eigenvalue weighted by Crippen LogP contribution is -2.48. The van der Waals surface area contributed by atoms with E-state index in [2.05, 4.69) is 6.92 Å². The molecule has 0 bridgehead atoms. The summed E-state index contributed by atoms with van der Waals surface area (Å²) in [5, 5.41) is 12.5. The number of aliphatic hydroxyl groups excluding tert-OH is 1. The summed E-state index contributed by atoms with van der Waals surface area (Å²) in [6.45, 7) is 8.58. The fourth-order valence-corrected chi connectivity index (χ4v) is 3.87. The minimum absolute atomic E-state index is 0.0423. The second-order valence-electron chi connectivity index (χ2n) is 7.39. The number of hydrogen-bond acceptors (Lipinski definition) is 4. The monoisotopic (exact) mass is 339 g/mol. The third kappa shape index (κ3) is 5.21. The average Bonchev–Trinajstić information content (AvgIpc) is 2.99. The second-order valence-corrected chi connectivity index (χ2v) is 8.37. The van der Waals surface area contributed by atoms with Crippen molar-refractivity contribution in [2.24, 2.45) is 5.92 Å². The van der Waals surface area contributed by atoms with Gasteiger partial charge in [-0.2, -0.15) is 0 Å². The van der Waals surface area contributed by atoms with Crippen molar-refractivity contribution < 1.29 is 14.6 Å². The van der Waals surface area contributed by atoms with Crippen molar-refractivity contribution in [2.45, 2.75) is 71.1 Å². The zero-order chi connectivity index (χ0) is 17.0. The summed E-state index contributed by atoms with van der Waals surface area (Å²) in [5.74, 6) is 0.620. The van der Waals surface area contributed by atoms with Crippen molar-refractivity contribution >= 4 is 17.4 Å². The summed E-state index contributed by atoms with van der Waals surface area (Å²) in [6, 6.07) is 3.94. The van der Waals surface area contributed by atoms with Crippen LogP contribution in [-0.4, -0.2) is 34.3 Å². The number of hydrogen-bond donors (Lipinski definition) is 1. The van der Waals surface area contributed by atoms with E-state index in [-0.39, 0.29) is 12.1 Å². The smallest absolute Gasteiger partial charge is 0.410 e. The first kappa shape index (κ1) is 18.3. The third-order valence-corrected chi connectivity index (χ3v) is 5.37. The molecule has 5 heteroatoms. The lowest BCUT2D eigenvalue weighted by molar-refractivity contribution is -0.00392. The van der Waals surface area contributed by atoms with E-state index in [0.717, 1.165) is 30.7 Å². The Bertz CT molecular complexity index is 495. The largest absolute Gasteiger partial charge is 0.444 e. The van der Waals surface area contributed by atoms with Gasteiger partial charge in [0.2, 0.25) is 0 Å². The molecule has 1 aromatic rings. The van der Waals surface area contributed by atoms with Crippen LogP contribution in [0.25, 0.3) is 0 Å². The highest BCUT2D eigenvalue weighted by Crippen LogP contribution is 2.33. The molecule has 1 fully saturated rings. The highest BCUT2D eigenvalue weighted by molar-refractivity contribution is 7.10.